The molecule has 1 aromatic heterocycles. The van der Waals surface area contributed by atoms with Crippen LogP contribution >= 0.6 is 23.1 Å². The fourth-order valence-electron chi connectivity index (χ4n) is 2.54. The molecule has 0 radical (unpaired) electrons. The number of esters is 1. The van der Waals surface area contributed by atoms with E-state index in [0.29, 0.717) is 11.4 Å². The van der Waals surface area contributed by atoms with Crippen LogP contribution in [0.4, 0.5) is 5.13 Å². The van der Waals surface area contributed by atoms with Crippen LogP contribution in [0, 0.1) is 0 Å². The van der Waals surface area contributed by atoms with Crippen LogP contribution < -0.4 is 5.32 Å². The molecule has 0 aliphatic heterocycles. The lowest BCUT2D eigenvalue weighted by molar-refractivity contribution is -0.142. The van der Waals surface area contributed by atoms with Gasteiger partial charge < -0.3 is 10.1 Å². The number of carbonyl (C=O) groups excluding carboxylic acids is 1. The molecule has 1 aliphatic carbocycles. The van der Waals surface area contributed by atoms with Gasteiger partial charge in [0.25, 0.3) is 0 Å². The van der Waals surface area contributed by atoms with E-state index in [4.69, 9.17) is 4.74 Å². The first kappa shape index (κ1) is 15.6. The van der Waals surface area contributed by atoms with E-state index < -0.39 is 0 Å². The lowest BCUT2D eigenvalue weighted by atomic mass is 10.1. The summed E-state index contributed by atoms with van der Waals surface area (Å²) in [6.07, 6.45) is 7.67. The van der Waals surface area contributed by atoms with Crippen LogP contribution in [0.5, 0.6) is 0 Å². The Morgan fingerprint density at radius 2 is 2.30 bits per heavy atom. The zero-order valence-electron chi connectivity index (χ0n) is 12.1. The number of rotatable bonds is 7. The van der Waals surface area contributed by atoms with Gasteiger partial charge >= 0.3 is 5.97 Å². The van der Waals surface area contributed by atoms with E-state index in [0.717, 1.165) is 17.4 Å². The Morgan fingerprint density at radius 3 is 2.95 bits per heavy atom. The minimum Gasteiger partial charge on any atom is -0.466 e. The first-order valence-electron chi connectivity index (χ1n) is 7.06. The third-order valence-electron chi connectivity index (χ3n) is 3.69. The van der Waals surface area contributed by atoms with Crippen molar-refractivity contribution in [2.75, 3.05) is 24.7 Å². The minimum absolute atomic E-state index is 0.208. The van der Waals surface area contributed by atoms with Crippen LogP contribution in [0.15, 0.2) is 5.38 Å². The second-order valence-corrected chi connectivity index (χ2v) is 7.21. The second-order valence-electron chi connectivity index (χ2n) is 5.07. The quantitative estimate of drug-likeness (QED) is 0.782. The van der Waals surface area contributed by atoms with Crippen LogP contribution in [0.1, 0.15) is 38.3 Å². The number of anilines is 1. The molecule has 1 aliphatic rings. The lowest BCUT2D eigenvalue weighted by Gasteiger charge is -2.26. The molecule has 0 aromatic carbocycles. The average Bonchev–Trinajstić information content (AvgIpc) is 3.06. The van der Waals surface area contributed by atoms with Gasteiger partial charge in [-0.15, -0.1) is 11.3 Å². The molecule has 112 valence electrons. The smallest absolute Gasteiger partial charge is 0.311 e. The molecular formula is C14H22N2O2S2. The maximum absolute atomic E-state index is 11.4. The molecule has 0 spiro atoms. The highest BCUT2D eigenvalue weighted by Gasteiger charge is 2.32. The monoisotopic (exact) mass is 314 g/mol. The number of thiazole rings is 1. The number of ether oxygens (including phenoxy) is 1. The molecule has 6 heteroatoms. The number of nitrogens with one attached hydrogen (secondary N) is 1. The van der Waals surface area contributed by atoms with Crippen LogP contribution in [0.2, 0.25) is 0 Å². The molecule has 0 unspecified atom stereocenters. The van der Waals surface area contributed by atoms with Crippen LogP contribution in [-0.4, -0.2) is 35.1 Å². The maximum Gasteiger partial charge on any atom is 0.311 e. The summed E-state index contributed by atoms with van der Waals surface area (Å²) in [7, 11) is 0. The van der Waals surface area contributed by atoms with Gasteiger partial charge in [0.2, 0.25) is 0 Å². The van der Waals surface area contributed by atoms with Gasteiger partial charge in [-0.2, -0.15) is 11.8 Å². The molecule has 1 heterocycles. The number of hydrogen-bond donors (Lipinski definition) is 1. The van der Waals surface area contributed by atoms with Gasteiger partial charge in [0.05, 0.1) is 18.7 Å². The normalized spacial score (nSPS) is 17.1. The second kappa shape index (κ2) is 7.31. The molecular weight excluding hydrogens is 292 g/mol. The van der Waals surface area contributed by atoms with E-state index in [1.54, 1.807) is 11.3 Å². The topological polar surface area (TPSA) is 51.2 Å². The fourth-order valence-corrected chi connectivity index (χ4v) is 4.16. The van der Waals surface area contributed by atoms with Crippen molar-refractivity contribution in [2.45, 2.75) is 43.8 Å². The SMILES string of the molecule is CCOC(=O)Cc1csc(NCC2(SC)CCCC2)n1. The van der Waals surface area contributed by atoms with Crippen LogP contribution in [0.3, 0.4) is 0 Å². The zero-order valence-corrected chi connectivity index (χ0v) is 13.7. The third-order valence-corrected chi connectivity index (χ3v) is 5.96. The largest absolute Gasteiger partial charge is 0.466 e. The maximum atomic E-state index is 11.4. The summed E-state index contributed by atoms with van der Waals surface area (Å²) in [5, 5.41) is 6.28. The molecule has 0 bridgehead atoms. The van der Waals surface area contributed by atoms with E-state index in [9.17, 15) is 4.79 Å². The Kier molecular flexibility index (Phi) is 5.72. The van der Waals surface area contributed by atoms with E-state index in [1.807, 2.05) is 24.1 Å². The Labute approximate surface area is 128 Å². The standard InChI is InChI=1S/C14H22N2O2S2/c1-3-18-12(17)8-11-9-20-13(16-11)15-10-14(19-2)6-4-5-7-14/h9H,3-8,10H2,1-2H3,(H,15,16). The van der Waals surface area contributed by atoms with Crippen molar-refractivity contribution >= 4 is 34.2 Å². The number of hydrogen-bond acceptors (Lipinski definition) is 6. The van der Waals surface area contributed by atoms with Crippen molar-refractivity contribution in [3.8, 4) is 0 Å². The zero-order chi connectivity index (χ0) is 14.4. The Hall–Kier alpha value is -0.750. The molecule has 20 heavy (non-hydrogen) atoms. The van der Waals surface area contributed by atoms with E-state index in [2.05, 4.69) is 16.6 Å². The predicted octanol–water partition coefficient (Wildman–Crippen LogP) is 3.34. The van der Waals surface area contributed by atoms with Crippen molar-refractivity contribution in [2.24, 2.45) is 0 Å². The number of carbonyl (C=O) groups is 1. The molecule has 0 atom stereocenters. The molecule has 0 amide bonds. The van der Waals surface area contributed by atoms with Gasteiger partial charge in [-0.25, -0.2) is 4.98 Å². The summed E-state index contributed by atoms with van der Waals surface area (Å²) >= 11 is 3.53. The highest BCUT2D eigenvalue weighted by Crippen LogP contribution is 2.40. The fraction of sp³-hybridized carbons (Fsp3) is 0.714. The molecule has 4 nitrogen and oxygen atoms in total. The Balaban J connectivity index is 1.85. The summed E-state index contributed by atoms with van der Waals surface area (Å²) < 4.78 is 5.30. The summed E-state index contributed by atoms with van der Waals surface area (Å²) in [6.45, 7) is 3.19. The summed E-state index contributed by atoms with van der Waals surface area (Å²) in [6, 6.07) is 0. The first-order valence-corrected chi connectivity index (χ1v) is 9.17. The van der Waals surface area contributed by atoms with E-state index in [-0.39, 0.29) is 12.4 Å². The highest BCUT2D eigenvalue weighted by atomic mass is 32.2. The van der Waals surface area contributed by atoms with Gasteiger partial charge in [-0.05, 0) is 26.0 Å². The van der Waals surface area contributed by atoms with Crippen molar-refractivity contribution in [1.29, 1.82) is 0 Å². The van der Waals surface area contributed by atoms with Crippen molar-refractivity contribution in [3.63, 3.8) is 0 Å². The van der Waals surface area contributed by atoms with Gasteiger partial charge in [0.1, 0.15) is 0 Å². The van der Waals surface area contributed by atoms with E-state index >= 15 is 0 Å². The van der Waals surface area contributed by atoms with Crippen molar-refractivity contribution in [3.05, 3.63) is 11.1 Å². The summed E-state index contributed by atoms with van der Waals surface area (Å²) in [5.41, 5.74) is 0.792. The average molecular weight is 314 g/mol. The molecule has 1 N–H and O–H groups in total. The molecule has 0 saturated heterocycles. The van der Waals surface area contributed by atoms with Gasteiger partial charge in [-0.1, -0.05) is 12.8 Å². The lowest BCUT2D eigenvalue weighted by Crippen LogP contribution is -2.29. The molecule has 1 fully saturated rings. The minimum atomic E-state index is -0.208. The molecule has 1 aromatic rings. The van der Waals surface area contributed by atoms with Crippen LogP contribution in [0.25, 0.3) is 0 Å². The van der Waals surface area contributed by atoms with Gasteiger partial charge in [-0.3, -0.25) is 4.79 Å². The predicted molar refractivity (Wildman–Crippen MR) is 85.7 cm³/mol. The van der Waals surface area contributed by atoms with Gasteiger partial charge in [0, 0.05) is 16.7 Å². The van der Waals surface area contributed by atoms with Gasteiger partial charge in [0.15, 0.2) is 5.13 Å². The van der Waals surface area contributed by atoms with Crippen LogP contribution in [-0.2, 0) is 16.0 Å². The Bertz CT molecular complexity index is 442. The van der Waals surface area contributed by atoms with Crippen molar-refractivity contribution < 1.29 is 9.53 Å². The first-order chi connectivity index (χ1) is 9.67. The number of aromatic nitrogens is 1. The molecule has 1 saturated carbocycles. The van der Waals surface area contributed by atoms with E-state index in [1.165, 1.54) is 25.7 Å². The van der Waals surface area contributed by atoms with Crippen molar-refractivity contribution in [1.82, 2.24) is 4.98 Å². The highest BCUT2D eigenvalue weighted by molar-refractivity contribution is 8.00. The summed E-state index contributed by atoms with van der Waals surface area (Å²) in [5.74, 6) is -0.208. The molecule has 2 rings (SSSR count). The summed E-state index contributed by atoms with van der Waals surface area (Å²) in [4.78, 5) is 15.9. The number of thioether (sulfide) groups is 1. The Morgan fingerprint density at radius 1 is 1.55 bits per heavy atom. The third kappa shape index (κ3) is 4.12. The number of nitrogens with zero attached hydrogens (tertiary/aromatic N) is 1.